The van der Waals surface area contributed by atoms with Crippen LogP contribution in [0, 0.1) is 16.7 Å². The molecule has 2 nitrogen and oxygen atoms in total. The van der Waals surface area contributed by atoms with Crippen molar-refractivity contribution in [3.63, 3.8) is 0 Å². The lowest BCUT2D eigenvalue weighted by atomic mass is 9.75. The molecule has 2 heteroatoms. The van der Waals surface area contributed by atoms with Gasteiger partial charge in [-0.05, 0) is 24.7 Å². The van der Waals surface area contributed by atoms with E-state index >= 15 is 0 Å². The summed E-state index contributed by atoms with van der Waals surface area (Å²) < 4.78 is 0. The van der Waals surface area contributed by atoms with E-state index < -0.39 is 0 Å². The highest BCUT2D eigenvalue weighted by Crippen LogP contribution is 2.34. The van der Waals surface area contributed by atoms with Gasteiger partial charge < -0.3 is 5.32 Å². The van der Waals surface area contributed by atoms with E-state index in [2.05, 4.69) is 25.2 Å². The maximum Gasteiger partial charge on any atom is 0.0950 e. The number of rotatable bonds is 4. The Morgan fingerprint density at radius 1 is 1.36 bits per heavy atom. The van der Waals surface area contributed by atoms with E-state index in [4.69, 9.17) is 5.26 Å². The predicted molar refractivity (Wildman–Crippen MR) is 58.9 cm³/mol. The summed E-state index contributed by atoms with van der Waals surface area (Å²) in [5, 5.41) is 12.2. The standard InChI is InChI=1S/C12H22N2/c1-3-11(9-13)14-10-12(2)7-5-4-6-8-12/h11,14H,3-8,10H2,1-2H3. The van der Waals surface area contributed by atoms with Crippen LogP contribution in [0.4, 0.5) is 0 Å². The maximum absolute atomic E-state index is 8.83. The first-order valence-electron chi connectivity index (χ1n) is 5.83. The second-order valence-corrected chi connectivity index (χ2v) is 4.84. The maximum atomic E-state index is 8.83. The van der Waals surface area contributed by atoms with Gasteiger partial charge in [-0.1, -0.05) is 33.1 Å². The Kier molecular flexibility index (Phi) is 4.41. The van der Waals surface area contributed by atoms with Crippen molar-refractivity contribution in [2.75, 3.05) is 6.54 Å². The average molecular weight is 194 g/mol. The van der Waals surface area contributed by atoms with Gasteiger partial charge in [0, 0.05) is 6.54 Å². The first-order chi connectivity index (χ1) is 6.70. The minimum atomic E-state index is 0.0498. The molecule has 1 fully saturated rings. The summed E-state index contributed by atoms with van der Waals surface area (Å²) >= 11 is 0. The first kappa shape index (κ1) is 11.5. The second-order valence-electron chi connectivity index (χ2n) is 4.84. The van der Waals surface area contributed by atoms with E-state index in [-0.39, 0.29) is 6.04 Å². The molecule has 1 rings (SSSR count). The molecule has 0 heterocycles. The van der Waals surface area contributed by atoms with Crippen molar-refractivity contribution in [1.82, 2.24) is 5.32 Å². The third-order valence-corrected chi connectivity index (χ3v) is 3.40. The van der Waals surface area contributed by atoms with Crippen LogP contribution in [0.5, 0.6) is 0 Å². The van der Waals surface area contributed by atoms with Gasteiger partial charge in [0.25, 0.3) is 0 Å². The van der Waals surface area contributed by atoms with Crippen LogP contribution in [-0.2, 0) is 0 Å². The largest absolute Gasteiger partial charge is 0.301 e. The van der Waals surface area contributed by atoms with Gasteiger partial charge in [-0.3, -0.25) is 0 Å². The first-order valence-corrected chi connectivity index (χ1v) is 5.83. The Morgan fingerprint density at radius 3 is 2.50 bits per heavy atom. The number of nitrogens with one attached hydrogen (secondary N) is 1. The smallest absolute Gasteiger partial charge is 0.0950 e. The third kappa shape index (κ3) is 3.31. The predicted octanol–water partition coefficient (Wildman–Crippen LogP) is 2.85. The molecule has 1 aliphatic rings. The summed E-state index contributed by atoms with van der Waals surface area (Å²) in [6, 6.07) is 2.35. The summed E-state index contributed by atoms with van der Waals surface area (Å²) in [6.07, 6.45) is 7.67. The highest BCUT2D eigenvalue weighted by Gasteiger charge is 2.26. The molecule has 0 amide bonds. The van der Waals surface area contributed by atoms with Gasteiger partial charge in [0.1, 0.15) is 0 Å². The zero-order valence-corrected chi connectivity index (χ0v) is 9.47. The molecule has 0 aromatic carbocycles. The van der Waals surface area contributed by atoms with Gasteiger partial charge in [-0.2, -0.15) is 5.26 Å². The minimum absolute atomic E-state index is 0.0498. The van der Waals surface area contributed by atoms with Gasteiger partial charge in [0.05, 0.1) is 12.1 Å². The quantitative estimate of drug-likeness (QED) is 0.747. The monoisotopic (exact) mass is 194 g/mol. The number of nitrogens with zero attached hydrogens (tertiary/aromatic N) is 1. The average Bonchev–Trinajstić information content (AvgIpc) is 2.20. The Bertz CT molecular complexity index is 199. The van der Waals surface area contributed by atoms with Crippen molar-refractivity contribution in [1.29, 1.82) is 5.26 Å². The van der Waals surface area contributed by atoms with Crippen LogP contribution in [0.15, 0.2) is 0 Å². The van der Waals surface area contributed by atoms with E-state index in [9.17, 15) is 0 Å². The van der Waals surface area contributed by atoms with Crippen LogP contribution in [-0.4, -0.2) is 12.6 Å². The van der Waals surface area contributed by atoms with E-state index in [1.54, 1.807) is 0 Å². The van der Waals surface area contributed by atoms with Gasteiger partial charge >= 0.3 is 0 Å². The molecular formula is C12H22N2. The van der Waals surface area contributed by atoms with Crippen molar-refractivity contribution >= 4 is 0 Å². The highest BCUT2D eigenvalue weighted by atomic mass is 14.9. The van der Waals surface area contributed by atoms with Crippen LogP contribution in [0.2, 0.25) is 0 Å². The zero-order valence-electron chi connectivity index (χ0n) is 9.47. The van der Waals surface area contributed by atoms with E-state index in [1.165, 1.54) is 32.1 Å². The Hall–Kier alpha value is -0.550. The van der Waals surface area contributed by atoms with Crippen molar-refractivity contribution in [2.45, 2.75) is 58.4 Å². The lowest BCUT2D eigenvalue weighted by Crippen LogP contribution is -2.38. The van der Waals surface area contributed by atoms with Crippen molar-refractivity contribution in [3.05, 3.63) is 0 Å². The molecule has 80 valence electrons. The molecule has 0 aromatic rings. The molecule has 14 heavy (non-hydrogen) atoms. The zero-order chi connectivity index (χ0) is 10.4. The van der Waals surface area contributed by atoms with Crippen LogP contribution < -0.4 is 5.32 Å². The topological polar surface area (TPSA) is 35.8 Å². The molecule has 1 aliphatic carbocycles. The molecule has 0 saturated heterocycles. The lowest BCUT2D eigenvalue weighted by molar-refractivity contribution is 0.204. The molecule has 1 N–H and O–H groups in total. The van der Waals surface area contributed by atoms with Crippen molar-refractivity contribution in [3.8, 4) is 6.07 Å². The van der Waals surface area contributed by atoms with E-state index in [0.29, 0.717) is 5.41 Å². The summed E-state index contributed by atoms with van der Waals surface area (Å²) in [5.74, 6) is 0. The fourth-order valence-electron chi connectivity index (χ4n) is 2.23. The van der Waals surface area contributed by atoms with Crippen LogP contribution in [0.3, 0.4) is 0 Å². The Labute approximate surface area is 87.7 Å². The van der Waals surface area contributed by atoms with Crippen LogP contribution in [0.25, 0.3) is 0 Å². The lowest BCUT2D eigenvalue weighted by Gasteiger charge is -2.34. The van der Waals surface area contributed by atoms with Crippen LogP contribution >= 0.6 is 0 Å². The number of nitriles is 1. The number of hydrogen-bond donors (Lipinski definition) is 1. The summed E-state index contributed by atoms with van der Waals surface area (Å²) in [5.41, 5.74) is 0.447. The third-order valence-electron chi connectivity index (χ3n) is 3.40. The Balaban J connectivity index is 2.31. The van der Waals surface area contributed by atoms with Gasteiger partial charge in [-0.15, -0.1) is 0 Å². The molecule has 1 atom stereocenters. The molecule has 0 aliphatic heterocycles. The highest BCUT2D eigenvalue weighted by molar-refractivity contribution is 4.91. The summed E-state index contributed by atoms with van der Waals surface area (Å²) in [7, 11) is 0. The molecule has 0 spiro atoms. The Morgan fingerprint density at radius 2 is 2.00 bits per heavy atom. The van der Waals surface area contributed by atoms with Gasteiger partial charge in [-0.25, -0.2) is 0 Å². The SMILES string of the molecule is CCC(C#N)NCC1(C)CCCCC1. The van der Waals surface area contributed by atoms with E-state index in [0.717, 1.165) is 13.0 Å². The van der Waals surface area contributed by atoms with Gasteiger partial charge in [0.2, 0.25) is 0 Å². The van der Waals surface area contributed by atoms with Crippen LogP contribution in [0.1, 0.15) is 52.4 Å². The second kappa shape index (κ2) is 5.36. The summed E-state index contributed by atoms with van der Waals surface area (Å²) in [4.78, 5) is 0. The molecule has 1 saturated carbocycles. The normalized spacial score (nSPS) is 22.6. The molecule has 1 unspecified atom stereocenters. The van der Waals surface area contributed by atoms with Crippen molar-refractivity contribution < 1.29 is 0 Å². The van der Waals surface area contributed by atoms with E-state index in [1.807, 2.05) is 0 Å². The summed E-state index contributed by atoms with van der Waals surface area (Å²) in [6.45, 7) is 5.42. The fourth-order valence-corrected chi connectivity index (χ4v) is 2.23. The molecular weight excluding hydrogens is 172 g/mol. The van der Waals surface area contributed by atoms with Crippen molar-refractivity contribution in [2.24, 2.45) is 5.41 Å². The fraction of sp³-hybridized carbons (Fsp3) is 0.917. The minimum Gasteiger partial charge on any atom is -0.301 e. The number of hydrogen-bond acceptors (Lipinski definition) is 2. The molecule has 0 radical (unpaired) electrons. The molecule has 0 bridgehead atoms. The molecule has 0 aromatic heterocycles. The van der Waals surface area contributed by atoms with Gasteiger partial charge in [0.15, 0.2) is 0 Å².